The van der Waals surface area contributed by atoms with Crippen LogP contribution in [0.3, 0.4) is 0 Å². The minimum atomic E-state index is -0.604. The van der Waals surface area contributed by atoms with Gasteiger partial charge in [0.2, 0.25) is 17.7 Å². The first-order valence-electron chi connectivity index (χ1n) is 23.3. The summed E-state index contributed by atoms with van der Waals surface area (Å²) in [5.41, 5.74) is 7.07. The third kappa shape index (κ3) is 13.5. The highest BCUT2D eigenvalue weighted by atomic mass is 19.1. The lowest BCUT2D eigenvalue weighted by atomic mass is 9.71. The van der Waals surface area contributed by atoms with Crippen LogP contribution < -0.4 is 21.9 Å². The van der Waals surface area contributed by atoms with Crippen LogP contribution in [0.2, 0.25) is 0 Å². The van der Waals surface area contributed by atoms with Gasteiger partial charge in [-0.2, -0.15) is 5.10 Å². The lowest BCUT2D eigenvalue weighted by molar-refractivity contribution is -0.163. The molecule has 0 atom stereocenters. The van der Waals surface area contributed by atoms with Gasteiger partial charge in [0.15, 0.2) is 0 Å². The maximum absolute atomic E-state index is 15.0. The first-order chi connectivity index (χ1) is 30.9. The smallest absolute Gasteiger partial charge is 0.272 e. The molecule has 2 bridgehead atoms. The van der Waals surface area contributed by atoms with E-state index < -0.39 is 11.7 Å². The van der Waals surface area contributed by atoms with Crippen LogP contribution in [0.1, 0.15) is 137 Å². The number of rotatable bonds is 11. The number of hydrogen-bond donors (Lipinski definition) is 4. The summed E-state index contributed by atoms with van der Waals surface area (Å²) < 4.78 is 21.3. The van der Waals surface area contributed by atoms with E-state index in [0.29, 0.717) is 85.7 Å². The molecule has 0 radical (unpaired) electrons. The van der Waals surface area contributed by atoms with Crippen molar-refractivity contribution in [1.29, 1.82) is 0 Å². The summed E-state index contributed by atoms with van der Waals surface area (Å²) in [7, 11) is 0. The minimum Gasteiger partial charge on any atom is -0.371 e. The number of hydrogen-bond acceptors (Lipinski definition) is 8. The molecule has 65 heavy (non-hydrogen) atoms. The first-order valence-corrected chi connectivity index (χ1v) is 23.3. The topological polar surface area (TPSA) is 180 Å². The summed E-state index contributed by atoms with van der Waals surface area (Å²) in [6.07, 6.45) is 10.4. The van der Waals surface area contributed by atoms with Crippen LogP contribution in [0.25, 0.3) is 10.8 Å². The SMILES string of the molecule is C.CC.CC.Cc1ccccc1C(N)=O.O=C(CC1CCCCC1)NCC12CCC(NCC(=O)N3CCN(C(=O)c4cc(Cc5n[nH]c(=O)c6ccccc56)ccc4F)CC3)(CC1)CO2. The number of carbonyl (C=O) groups is 4. The number of aryl methyl sites for hydroxylation is 1. The molecule has 2 aliphatic carbocycles. The third-order valence-corrected chi connectivity index (χ3v) is 12.9. The Hall–Kier alpha value is -5.47. The van der Waals surface area contributed by atoms with Crippen LogP contribution in [0.5, 0.6) is 0 Å². The molecule has 3 saturated heterocycles. The van der Waals surface area contributed by atoms with Crippen molar-refractivity contribution in [3.63, 3.8) is 0 Å². The van der Waals surface area contributed by atoms with Gasteiger partial charge in [-0.1, -0.05) is 96.8 Å². The molecule has 14 heteroatoms. The molecule has 1 aromatic heterocycles. The molecule has 4 amide bonds. The second-order valence-electron chi connectivity index (χ2n) is 17.0. The molecule has 0 spiro atoms. The van der Waals surface area contributed by atoms with Crippen LogP contribution in [0.4, 0.5) is 4.39 Å². The van der Waals surface area contributed by atoms with E-state index in [9.17, 15) is 28.4 Å². The van der Waals surface area contributed by atoms with Gasteiger partial charge < -0.3 is 30.9 Å². The van der Waals surface area contributed by atoms with Crippen LogP contribution in [0, 0.1) is 18.7 Å². The zero-order valence-electron chi connectivity index (χ0n) is 38.4. The van der Waals surface area contributed by atoms with Gasteiger partial charge in [-0.15, -0.1) is 0 Å². The Kier molecular flexibility index (Phi) is 19.8. The summed E-state index contributed by atoms with van der Waals surface area (Å²) in [4.78, 5) is 65.5. The molecule has 354 valence electrons. The summed E-state index contributed by atoms with van der Waals surface area (Å²) in [5, 5.41) is 14.6. The van der Waals surface area contributed by atoms with E-state index in [1.165, 1.54) is 25.3 Å². The standard InChI is InChI=1S/C38H47FN6O5.C8H9NO.2C2H6.CH4/c39-31-11-10-27(21-32-28-8-4-5-9-29(28)35(48)43-42-32)20-30(31)36(49)45-18-16-44(17-19-45)34(47)23-41-37-12-14-38(15-13-37,50-25-37)24-40-33(46)22-26-6-2-1-3-7-26;1-6-4-2-3-5-7(6)8(9)10;2*1-2;/h4-5,8-11,20,26,41H,1-3,6-7,12-19,21-25H2,(H,40,46)(H,43,48);2-5H,1H3,(H2,9,10);2*1-2H3;1H4. The molecule has 9 rings (SSSR count). The fraction of sp³-hybridized carbons (Fsp3) is 0.529. The van der Waals surface area contributed by atoms with Crippen molar-refractivity contribution in [1.82, 2.24) is 30.6 Å². The van der Waals surface area contributed by atoms with Gasteiger partial charge in [-0.05, 0) is 86.8 Å². The van der Waals surface area contributed by atoms with Gasteiger partial charge in [0, 0.05) is 62.1 Å². The molecule has 2 saturated carbocycles. The molecule has 5 aliphatic rings. The van der Waals surface area contributed by atoms with Gasteiger partial charge in [-0.3, -0.25) is 24.0 Å². The Morgan fingerprint density at radius 1 is 0.846 bits per heavy atom. The molecule has 3 aliphatic heterocycles. The van der Waals surface area contributed by atoms with Gasteiger partial charge in [-0.25, -0.2) is 9.49 Å². The highest BCUT2D eigenvalue weighted by Crippen LogP contribution is 2.43. The monoisotopic (exact) mass is 898 g/mol. The number of nitrogens with zero attached hydrogens (tertiary/aromatic N) is 3. The third-order valence-electron chi connectivity index (χ3n) is 12.9. The molecule has 5 N–H and O–H groups in total. The quantitative estimate of drug-likeness (QED) is 0.120. The van der Waals surface area contributed by atoms with E-state index in [1.807, 2.05) is 58.9 Å². The number of nitrogens with two attached hydrogens (primary N) is 1. The van der Waals surface area contributed by atoms with Crippen LogP contribution in [-0.2, 0) is 20.7 Å². The fourth-order valence-electron chi connectivity index (χ4n) is 9.10. The summed E-state index contributed by atoms with van der Waals surface area (Å²) in [6, 6.07) is 18.9. The number of primary amides is 1. The number of halogens is 1. The zero-order chi connectivity index (χ0) is 46.3. The van der Waals surface area contributed by atoms with E-state index in [1.54, 1.807) is 46.2 Å². The van der Waals surface area contributed by atoms with Gasteiger partial charge in [0.1, 0.15) is 5.82 Å². The van der Waals surface area contributed by atoms with E-state index >= 15 is 0 Å². The lowest BCUT2D eigenvalue weighted by Crippen LogP contribution is -2.65. The number of H-pyrrole nitrogens is 1. The maximum atomic E-state index is 15.0. The predicted molar refractivity (Wildman–Crippen MR) is 255 cm³/mol. The predicted octanol–water partition coefficient (Wildman–Crippen LogP) is 7.48. The Morgan fingerprint density at radius 3 is 2.09 bits per heavy atom. The van der Waals surface area contributed by atoms with Gasteiger partial charge in [0.25, 0.3) is 11.5 Å². The van der Waals surface area contributed by atoms with Crippen molar-refractivity contribution in [2.45, 2.75) is 124 Å². The van der Waals surface area contributed by atoms with Crippen molar-refractivity contribution in [2.24, 2.45) is 11.7 Å². The molecule has 0 unspecified atom stereocenters. The summed E-state index contributed by atoms with van der Waals surface area (Å²) in [6.45, 7) is 12.5. The number of ether oxygens (including phenoxy) is 1. The number of fused-ring (bicyclic) bond motifs is 4. The van der Waals surface area contributed by atoms with Crippen molar-refractivity contribution in [3.8, 4) is 0 Å². The normalized spacial score (nSPS) is 20.1. The van der Waals surface area contributed by atoms with E-state index in [4.69, 9.17) is 10.5 Å². The number of amides is 4. The van der Waals surface area contributed by atoms with Crippen molar-refractivity contribution in [3.05, 3.63) is 111 Å². The molecule has 5 fully saturated rings. The molecule has 4 heterocycles. The Balaban J connectivity index is 0.000000537. The second-order valence-corrected chi connectivity index (χ2v) is 17.0. The molecular formula is C51H72FN7O6. The van der Waals surface area contributed by atoms with Crippen LogP contribution in [-0.4, -0.2) is 101 Å². The average Bonchev–Trinajstić information content (AvgIpc) is 3.34. The number of aromatic nitrogens is 2. The molecule has 13 nitrogen and oxygen atoms in total. The van der Waals surface area contributed by atoms with Crippen molar-refractivity contribution in [2.75, 3.05) is 45.9 Å². The number of aromatic amines is 1. The molecule has 3 aromatic carbocycles. The van der Waals surface area contributed by atoms with Crippen molar-refractivity contribution >= 4 is 34.4 Å². The number of carbonyl (C=O) groups excluding carboxylic acids is 4. The van der Waals surface area contributed by atoms with Crippen LogP contribution in [0.15, 0.2) is 71.5 Å². The van der Waals surface area contributed by atoms with Gasteiger partial charge in [0.05, 0.1) is 35.4 Å². The summed E-state index contributed by atoms with van der Waals surface area (Å²) in [5.74, 6) is -0.764. The van der Waals surface area contributed by atoms with Crippen LogP contribution >= 0.6 is 0 Å². The highest BCUT2D eigenvalue weighted by molar-refractivity contribution is 5.95. The Morgan fingerprint density at radius 2 is 1.48 bits per heavy atom. The highest BCUT2D eigenvalue weighted by Gasteiger charge is 2.50. The van der Waals surface area contributed by atoms with E-state index in [0.717, 1.165) is 44.1 Å². The maximum Gasteiger partial charge on any atom is 0.272 e. The largest absolute Gasteiger partial charge is 0.371 e. The minimum absolute atomic E-state index is 0. The van der Waals surface area contributed by atoms with E-state index in [-0.39, 0.29) is 54.0 Å². The van der Waals surface area contributed by atoms with Crippen molar-refractivity contribution < 1.29 is 28.3 Å². The molecule has 4 aromatic rings. The Bertz CT molecular complexity index is 2240. The van der Waals surface area contributed by atoms with E-state index in [2.05, 4.69) is 20.8 Å². The zero-order valence-corrected chi connectivity index (χ0v) is 38.4. The number of benzene rings is 3. The summed E-state index contributed by atoms with van der Waals surface area (Å²) >= 11 is 0. The number of nitrogens with one attached hydrogen (secondary N) is 3. The lowest BCUT2D eigenvalue weighted by Gasteiger charge is -2.53. The average molecular weight is 898 g/mol. The second kappa shape index (κ2) is 24.7. The van der Waals surface area contributed by atoms with Gasteiger partial charge >= 0.3 is 0 Å². The first kappa shape index (κ1) is 52.2. The number of piperazine rings is 1. The fourth-order valence-corrected chi connectivity index (χ4v) is 9.10. The Labute approximate surface area is 384 Å². The molecular weight excluding hydrogens is 826 g/mol.